The van der Waals surface area contributed by atoms with Crippen molar-refractivity contribution >= 4 is 55.3 Å². The van der Waals surface area contributed by atoms with Crippen molar-refractivity contribution in [1.82, 2.24) is 20.5 Å². The maximum Gasteiger partial charge on any atom is 0.293 e. The van der Waals surface area contributed by atoms with Crippen molar-refractivity contribution in [3.63, 3.8) is 0 Å². The number of thiazole rings is 1. The summed E-state index contributed by atoms with van der Waals surface area (Å²) in [6.07, 6.45) is 0.760. The van der Waals surface area contributed by atoms with Gasteiger partial charge in [0.25, 0.3) is 5.69 Å². The summed E-state index contributed by atoms with van der Waals surface area (Å²) < 4.78 is 1.22. The molecule has 0 spiro atoms. The molecule has 0 atom stereocenters. The van der Waals surface area contributed by atoms with Gasteiger partial charge in [-0.15, -0.1) is 0 Å². The molecule has 2 aromatic carbocycles. The van der Waals surface area contributed by atoms with E-state index in [1.807, 2.05) is 0 Å². The van der Waals surface area contributed by atoms with Crippen LogP contribution in [0, 0.1) is 10.1 Å². The van der Waals surface area contributed by atoms with E-state index in [1.165, 1.54) is 16.5 Å². The van der Waals surface area contributed by atoms with Gasteiger partial charge < -0.3 is 31.5 Å². The van der Waals surface area contributed by atoms with Gasteiger partial charge in [-0.1, -0.05) is 11.3 Å². The number of carbonyl (C=O) groups is 2. The molecular weight excluding hydrogens is 582 g/mol. The lowest BCUT2D eigenvalue weighted by Gasteiger charge is -2.36. The number of nitrogens with two attached hydrogens (primary N) is 1. The van der Waals surface area contributed by atoms with Crippen molar-refractivity contribution < 1.29 is 14.5 Å². The summed E-state index contributed by atoms with van der Waals surface area (Å²) in [5.74, 6) is -1.02. The van der Waals surface area contributed by atoms with Crippen LogP contribution in [0.15, 0.2) is 41.7 Å². The molecule has 0 amide bonds. The number of nitrogens with one attached hydrogen (secondary N) is 3. The van der Waals surface area contributed by atoms with Crippen LogP contribution in [0.2, 0.25) is 0 Å². The van der Waals surface area contributed by atoms with E-state index in [-0.39, 0.29) is 33.9 Å². The van der Waals surface area contributed by atoms with E-state index in [2.05, 4.69) is 48.8 Å². The molecule has 0 radical (unpaired) electrons. The molecule has 1 aliphatic carbocycles. The molecule has 0 bridgehead atoms. The summed E-state index contributed by atoms with van der Waals surface area (Å²) in [5.41, 5.74) is 8.18. The standard InChI is InChI=1S/C30H37N9O4S/c1-2-33-23-17-20-21(18-24(23)39(42)43)28(40)26(31)27(29(20)41)34-6-3-9-36-12-14-37(15-13-36)19-4-5-22-25(16-19)44-30(35-22)38-10-7-32-8-11-38/h4-5,16-18,32-34H,2-3,6-15,31H2,1H3. The van der Waals surface area contributed by atoms with Gasteiger partial charge in [0.05, 0.1) is 15.1 Å². The molecule has 5 N–H and O–H groups in total. The Hall–Kier alpha value is -4.27. The van der Waals surface area contributed by atoms with Gasteiger partial charge in [-0.3, -0.25) is 24.6 Å². The van der Waals surface area contributed by atoms with Crippen molar-refractivity contribution in [2.75, 3.05) is 87.1 Å². The number of nitro benzene ring substituents is 1. The fourth-order valence-corrected chi connectivity index (χ4v) is 7.02. The number of benzene rings is 2. The third-order valence-corrected chi connectivity index (χ3v) is 9.45. The van der Waals surface area contributed by atoms with Gasteiger partial charge >= 0.3 is 0 Å². The number of piperazine rings is 2. The van der Waals surface area contributed by atoms with Crippen LogP contribution in [-0.2, 0) is 0 Å². The molecular formula is C30H37N9O4S. The van der Waals surface area contributed by atoms with Crippen LogP contribution in [-0.4, -0.2) is 98.4 Å². The summed E-state index contributed by atoms with van der Waals surface area (Å²) in [4.78, 5) is 49.2. The Morgan fingerprint density at radius 1 is 1.00 bits per heavy atom. The lowest BCUT2D eigenvalue weighted by atomic mass is 9.89. The van der Waals surface area contributed by atoms with Gasteiger partial charge in [0.15, 0.2) is 5.13 Å². The minimum absolute atomic E-state index is 0.0428. The average molecular weight is 620 g/mol. The fraction of sp³-hybridized carbons (Fsp3) is 0.433. The zero-order valence-electron chi connectivity index (χ0n) is 24.7. The highest BCUT2D eigenvalue weighted by Crippen LogP contribution is 2.34. The molecule has 6 rings (SSSR count). The monoisotopic (exact) mass is 619 g/mol. The fourth-order valence-electron chi connectivity index (χ4n) is 5.97. The highest BCUT2D eigenvalue weighted by atomic mass is 32.1. The number of rotatable bonds is 10. The molecule has 3 aliphatic rings. The van der Waals surface area contributed by atoms with Gasteiger partial charge in [-0.05, 0) is 44.2 Å². The van der Waals surface area contributed by atoms with Crippen LogP contribution < -0.4 is 31.5 Å². The zero-order valence-corrected chi connectivity index (χ0v) is 25.5. The Morgan fingerprint density at radius 3 is 2.48 bits per heavy atom. The van der Waals surface area contributed by atoms with Crippen LogP contribution in [0.3, 0.4) is 0 Å². The summed E-state index contributed by atoms with van der Waals surface area (Å²) >= 11 is 1.76. The van der Waals surface area contributed by atoms with Gasteiger partial charge in [-0.2, -0.15) is 0 Å². The molecule has 232 valence electrons. The number of fused-ring (bicyclic) bond motifs is 2. The first-order valence-electron chi connectivity index (χ1n) is 15.1. The van der Waals surface area contributed by atoms with E-state index in [0.29, 0.717) is 13.1 Å². The summed E-state index contributed by atoms with van der Waals surface area (Å²) in [6.45, 7) is 11.2. The van der Waals surface area contributed by atoms with E-state index >= 15 is 0 Å². The molecule has 13 nitrogen and oxygen atoms in total. The number of nitro groups is 1. The molecule has 44 heavy (non-hydrogen) atoms. The highest BCUT2D eigenvalue weighted by Gasteiger charge is 2.34. The first kappa shape index (κ1) is 29.8. The first-order chi connectivity index (χ1) is 21.3. The van der Waals surface area contributed by atoms with Crippen molar-refractivity contribution in [2.45, 2.75) is 13.3 Å². The van der Waals surface area contributed by atoms with Crippen LogP contribution >= 0.6 is 11.3 Å². The van der Waals surface area contributed by atoms with Crippen LogP contribution in [0.5, 0.6) is 0 Å². The number of anilines is 3. The van der Waals surface area contributed by atoms with Gasteiger partial charge in [0.2, 0.25) is 11.6 Å². The SMILES string of the molecule is CCNc1cc2c(cc1[N+](=O)[O-])C(=O)C(N)=C(NCCCN1CCN(c3ccc4nc(N5CCNCC5)sc4c3)CC1)C2=O. The van der Waals surface area contributed by atoms with Gasteiger partial charge in [0, 0.05) is 88.3 Å². The lowest BCUT2D eigenvalue weighted by Crippen LogP contribution is -2.47. The maximum absolute atomic E-state index is 13.3. The second kappa shape index (κ2) is 12.8. The second-order valence-corrected chi connectivity index (χ2v) is 12.2. The van der Waals surface area contributed by atoms with Crippen molar-refractivity contribution in [1.29, 1.82) is 0 Å². The smallest absolute Gasteiger partial charge is 0.293 e. The topological polar surface area (TPSA) is 162 Å². The molecule has 3 heterocycles. The quantitative estimate of drug-likeness (QED) is 0.149. The summed E-state index contributed by atoms with van der Waals surface area (Å²) in [7, 11) is 0. The molecule has 0 unspecified atom stereocenters. The average Bonchev–Trinajstić information content (AvgIpc) is 3.48. The van der Waals surface area contributed by atoms with Crippen molar-refractivity contribution in [3.8, 4) is 0 Å². The molecule has 14 heteroatoms. The first-order valence-corrected chi connectivity index (χ1v) is 15.9. The minimum atomic E-state index is -0.582. The maximum atomic E-state index is 13.3. The molecule has 1 aromatic heterocycles. The highest BCUT2D eigenvalue weighted by molar-refractivity contribution is 7.22. The van der Waals surface area contributed by atoms with E-state index in [1.54, 1.807) is 18.3 Å². The normalized spacial score (nSPS) is 17.8. The number of ketones is 2. The third kappa shape index (κ3) is 5.92. The Kier molecular flexibility index (Phi) is 8.64. The minimum Gasteiger partial charge on any atom is -0.394 e. The Morgan fingerprint density at radius 2 is 1.75 bits per heavy atom. The number of allylic oxidation sites excluding steroid dienone is 2. The molecule has 3 aromatic rings. The Balaban J connectivity index is 1.01. The van der Waals surface area contributed by atoms with Gasteiger partial charge in [0.1, 0.15) is 17.1 Å². The van der Waals surface area contributed by atoms with Gasteiger partial charge in [-0.25, -0.2) is 4.98 Å². The lowest BCUT2D eigenvalue weighted by molar-refractivity contribution is -0.384. The summed E-state index contributed by atoms with van der Waals surface area (Å²) in [6, 6.07) is 9.07. The van der Waals surface area contributed by atoms with Crippen LogP contribution in [0.4, 0.5) is 22.2 Å². The number of aromatic nitrogens is 1. The zero-order chi connectivity index (χ0) is 30.8. The Bertz CT molecular complexity index is 1620. The van der Waals surface area contributed by atoms with Crippen LogP contribution in [0.25, 0.3) is 10.2 Å². The number of hydrogen-bond acceptors (Lipinski definition) is 13. The number of carbonyl (C=O) groups excluding carboxylic acids is 2. The second-order valence-electron chi connectivity index (χ2n) is 11.1. The van der Waals surface area contributed by atoms with E-state index in [9.17, 15) is 19.7 Å². The molecule has 2 fully saturated rings. The van der Waals surface area contributed by atoms with Crippen molar-refractivity contribution in [3.05, 3.63) is 63.0 Å². The molecule has 2 saturated heterocycles. The summed E-state index contributed by atoms with van der Waals surface area (Å²) in [5, 5.41) is 22.0. The van der Waals surface area contributed by atoms with E-state index in [0.717, 1.165) is 82.0 Å². The van der Waals surface area contributed by atoms with Crippen molar-refractivity contribution in [2.24, 2.45) is 5.73 Å². The van der Waals surface area contributed by atoms with E-state index < -0.39 is 16.5 Å². The van der Waals surface area contributed by atoms with Crippen LogP contribution in [0.1, 0.15) is 34.1 Å². The molecule has 0 saturated carbocycles. The van der Waals surface area contributed by atoms with E-state index in [4.69, 9.17) is 10.7 Å². The third-order valence-electron chi connectivity index (χ3n) is 8.37. The largest absolute Gasteiger partial charge is 0.394 e. The predicted molar refractivity (Wildman–Crippen MR) is 173 cm³/mol. The molecule has 2 aliphatic heterocycles. The number of nitrogens with zero attached hydrogens (tertiary/aromatic N) is 5. The Labute approximate surface area is 259 Å². The number of Topliss-reactive ketones (excluding diaryl/α,β-unsaturated/α-hetero) is 2. The number of hydrogen-bond donors (Lipinski definition) is 4. The predicted octanol–water partition coefficient (Wildman–Crippen LogP) is 2.40.